The average molecular weight is 293 g/mol. The van der Waals surface area contributed by atoms with Crippen molar-refractivity contribution < 1.29 is 4.74 Å². The van der Waals surface area contributed by atoms with E-state index in [9.17, 15) is 0 Å². The first kappa shape index (κ1) is 13.6. The van der Waals surface area contributed by atoms with Crippen molar-refractivity contribution in [3.63, 3.8) is 0 Å². The van der Waals surface area contributed by atoms with Gasteiger partial charge in [-0.3, -0.25) is 0 Å². The van der Waals surface area contributed by atoms with Crippen molar-refractivity contribution in [2.45, 2.75) is 0 Å². The molecule has 0 aliphatic carbocycles. The van der Waals surface area contributed by atoms with E-state index in [0.29, 0.717) is 15.6 Å². The minimum absolute atomic E-state index is 0.293. The van der Waals surface area contributed by atoms with E-state index < -0.39 is 0 Å². The monoisotopic (exact) mass is 292 g/mol. The fraction of sp³-hybridized carbons (Fsp3) is 0.0714. The second kappa shape index (κ2) is 5.91. The van der Waals surface area contributed by atoms with Gasteiger partial charge in [-0.1, -0.05) is 23.8 Å². The molecular weight excluding hydrogens is 280 g/mol. The Labute approximate surface area is 122 Å². The molecule has 0 aliphatic heterocycles. The summed E-state index contributed by atoms with van der Waals surface area (Å²) in [5.74, 6) is 0.812. The van der Waals surface area contributed by atoms with Gasteiger partial charge in [0.1, 0.15) is 10.7 Å². The van der Waals surface area contributed by atoms with Crippen LogP contribution in [0.25, 0.3) is 0 Å². The van der Waals surface area contributed by atoms with Gasteiger partial charge in [-0.15, -0.1) is 0 Å². The highest BCUT2D eigenvalue weighted by Gasteiger charge is 2.04. The lowest BCUT2D eigenvalue weighted by molar-refractivity contribution is 0.415. The smallest absolute Gasteiger partial charge is 0.119 e. The third kappa shape index (κ3) is 3.36. The van der Waals surface area contributed by atoms with Crippen LogP contribution in [-0.4, -0.2) is 12.1 Å². The Balaban J connectivity index is 2.18. The van der Waals surface area contributed by atoms with Crippen LogP contribution < -0.4 is 15.8 Å². The van der Waals surface area contributed by atoms with Gasteiger partial charge in [0.15, 0.2) is 0 Å². The number of ether oxygens (including phenoxy) is 1. The molecule has 0 unspecified atom stereocenters. The predicted molar refractivity (Wildman–Crippen MR) is 83.6 cm³/mol. The van der Waals surface area contributed by atoms with E-state index >= 15 is 0 Å². The number of rotatable bonds is 4. The minimum Gasteiger partial charge on any atom is -0.497 e. The van der Waals surface area contributed by atoms with Gasteiger partial charge in [0, 0.05) is 16.9 Å². The Hall–Kier alpha value is -1.78. The van der Waals surface area contributed by atoms with Crippen LogP contribution in [0.4, 0.5) is 11.4 Å². The molecule has 2 rings (SSSR count). The highest BCUT2D eigenvalue weighted by atomic mass is 35.5. The lowest BCUT2D eigenvalue weighted by Crippen LogP contribution is -2.09. The molecular formula is C14H13ClN2OS. The quantitative estimate of drug-likeness (QED) is 0.843. The number of anilines is 2. The number of halogens is 1. The van der Waals surface area contributed by atoms with Crippen LogP contribution in [0.5, 0.6) is 5.75 Å². The first-order valence-electron chi connectivity index (χ1n) is 5.60. The molecule has 0 saturated carbocycles. The lowest BCUT2D eigenvalue weighted by Gasteiger charge is -2.09. The maximum atomic E-state index is 6.11. The fourth-order valence-electron chi connectivity index (χ4n) is 1.63. The van der Waals surface area contributed by atoms with E-state index in [2.05, 4.69) is 5.32 Å². The molecule has 3 N–H and O–H groups in total. The molecule has 0 saturated heterocycles. The Kier molecular flexibility index (Phi) is 4.24. The van der Waals surface area contributed by atoms with Gasteiger partial charge in [0.25, 0.3) is 0 Å². The molecule has 0 bridgehead atoms. The van der Waals surface area contributed by atoms with E-state index in [1.807, 2.05) is 30.3 Å². The molecule has 2 aromatic rings. The largest absolute Gasteiger partial charge is 0.497 e. The number of nitrogens with one attached hydrogen (secondary N) is 1. The number of hydrogen-bond donors (Lipinski definition) is 2. The summed E-state index contributed by atoms with van der Waals surface area (Å²) < 4.78 is 5.10. The zero-order chi connectivity index (χ0) is 13.8. The van der Waals surface area contributed by atoms with Gasteiger partial charge in [-0.2, -0.15) is 0 Å². The summed E-state index contributed by atoms with van der Waals surface area (Å²) in [6, 6.07) is 13.1. The van der Waals surface area contributed by atoms with Crippen molar-refractivity contribution in [1.82, 2.24) is 0 Å². The normalized spacial score (nSPS) is 10.0. The molecule has 19 heavy (non-hydrogen) atoms. The second-order valence-electron chi connectivity index (χ2n) is 3.91. The summed E-state index contributed by atoms with van der Waals surface area (Å²) in [6.07, 6.45) is 0. The molecule has 0 heterocycles. The predicted octanol–water partition coefficient (Wildman–Crippen LogP) is 3.73. The highest BCUT2D eigenvalue weighted by Crippen LogP contribution is 2.24. The Morgan fingerprint density at radius 3 is 2.32 bits per heavy atom. The van der Waals surface area contributed by atoms with Crippen LogP contribution in [0.1, 0.15) is 5.56 Å². The average Bonchev–Trinajstić information content (AvgIpc) is 2.39. The minimum atomic E-state index is 0.293. The Morgan fingerprint density at radius 2 is 1.79 bits per heavy atom. The van der Waals surface area contributed by atoms with Crippen LogP contribution in [-0.2, 0) is 0 Å². The lowest BCUT2D eigenvalue weighted by atomic mass is 10.2. The topological polar surface area (TPSA) is 47.3 Å². The number of benzene rings is 2. The molecule has 98 valence electrons. The molecule has 0 spiro atoms. The molecule has 0 radical (unpaired) electrons. The zero-order valence-corrected chi connectivity index (χ0v) is 11.9. The molecule has 5 heteroatoms. The number of methoxy groups -OCH3 is 1. The Morgan fingerprint density at radius 1 is 1.16 bits per heavy atom. The third-order valence-corrected chi connectivity index (χ3v) is 3.15. The van der Waals surface area contributed by atoms with E-state index in [0.717, 1.165) is 17.1 Å². The van der Waals surface area contributed by atoms with Gasteiger partial charge in [0.05, 0.1) is 12.1 Å². The number of hydrogen-bond acceptors (Lipinski definition) is 3. The van der Waals surface area contributed by atoms with E-state index in [1.165, 1.54) is 0 Å². The molecule has 2 aromatic carbocycles. The molecule has 0 aliphatic rings. The first-order valence-corrected chi connectivity index (χ1v) is 6.39. The van der Waals surface area contributed by atoms with E-state index in [1.54, 1.807) is 19.2 Å². The summed E-state index contributed by atoms with van der Waals surface area (Å²) >= 11 is 11.0. The van der Waals surface area contributed by atoms with Crippen molar-refractivity contribution >= 4 is 40.2 Å². The van der Waals surface area contributed by atoms with Crippen molar-refractivity contribution in [1.29, 1.82) is 0 Å². The SMILES string of the molecule is COc1ccc(Nc2ccc(C(N)=S)c(Cl)c2)cc1. The molecule has 3 nitrogen and oxygen atoms in total. The summed E-state index contributed by atoms with van der Waals surface area (Å²) in [6.45, 7) is 0. The van der Waals surface area contributed by atoms with Crippen molar-refractivity contribution in [3.8, 4) is 5.75 Å². The standard InChI is InChI=1S/C14H13ClN2OS/c1-18-11-5-2-9(3-6-11)17-10-4-7-12(14(16)19)13(15)8-10/h2-8,17H,1H3,(H2,16,19). The molecule has 0 aromatic heterocycles. The number of nitrogens with two attached hydrogens (primary N) is 1. The summed E-state index contributed by atoms with van der Waals surface area (Å²) in [4.78, 5) is 0.293. The first-order chi connectivity index (χ1) is 9.10. The highest BCUT2D eigenvalue weighted by molar-refractivity contribution is 7.80. The van der Waals surface area contributed by atoms with Gasteiger partial charge < -0.3 is 15.8 Å². The second-order valence-corrected chi connectivity index (χ2v) is 4.76. The van der Waals surface area contributed by atoms with Crippen LogP contribution in [0.2, 0.25) is 5.02 Å². The fourth-order valence-corrected chi connectivity index (χ4v) is 2.15. The van der Waals surface area contributed by atoms with Crippen molar-refractivity contribution in [2.24, 2.45) is 5.73 Å². The summed E-state index contributed by atoms with van der Waals surface area (Å²) in [5, 5.41) is 3.77. The van der Waals surface area contributed by atoms with Gasteiger partial charge >= 0.3 is 0 Å². The maximum absolute atomic E-state index is 6.11. The van der Waals surface area contributed by atoms with Crippen LogP contribution in [0, 0.1) is 0 Å². The van der Waals surface area contributed by atoms with Gasteiger partial charge in [-0.05, 0) is 42.5 Å². The third-order valence-electron chi connectivity index (χ3n) is 2.61. The molecule has 0 fully saturated rings. The van der Waals surface area contributed by atoms with E-state index in [-0.39, 0.29) is 0 Å². The van der Waals surface area contributed by atoms with Crippen LogP contribution in [0.3, 0.4) is 0 Å². The zero-order valence-electron chi connectivity index (χ0n) is 10.3. The molecule has 0 atom stereocenters. The van der Waals surface area contributed by atoms with Gasteiger partial charge in [-0.25, -0.2) is 0 Å². The van der Waals surface area contributed by atoms with Crippen molar-refractivity contribution in [2.75, 3.05) is 12.4 Å². The van der Waals surface area contributed by atoms with Gasteiger partial charge in [0.2, 0.25) is 0 Å². The molecule has 0 amide bonds. The van der Waals surface area contributed by atoms with Crippen LogP contribution in [0.15, 0.2) is 42.5 Å². The summed E-state index contributed by atoms with van der Waals surface area (Å²) in [5.41, 5.74) is 8.05. The Bertz CT molecular complexity index is 599. The summed E-state index contributed by atoms with van der Waals surface area (Å²) in [7, 11) is 1.64. The van der Waals surface area contributed by atoms with E-state index in [4.69, 9.17) is 34.3 Å². The van der Waals surface area contributed by atoms with Crippen LogP contribution >= 0.6 is 23.8 Å². The maximum Gasteiger partial charge on any atom is 0.119 e. The number of thiocarbonyl (C=S) groups is 1. The van der Waals surface area contributed by atoms with Crippen molar-refractivity contribution in [3.05, 3.63) is 53.1 Å².